The summed E-state index contributed by atoms with van der Waals surface area (Å²) in [5.74, 6) is 0. The number of carboxylic acid groups (broad SMARTS) is 1. The Bertz CT molecular complexity index is 451. The van der Waals surface area contributed by atoms with E-state index in [1.54, 1.807) is 6.20 Å². The van der Waals surface area contributed by atoms with Crippen molar-refractivity contribution in [3.63, 3.8) is 0 Å². The molecule has 0 bridgehead atoms. The maximum absolute atomic E-state index is 10.9. The minimum absolute atomic E-state index is 0.130. The second-order valence-electron chi connectivity index (χ2n) is 4.09. The quantitative estimate of drug-likeness (QED) is 0.687. The maximum Gasteiger partial charge on any atom is 0.407 e. The second-order valence-corrected chi connectivity index (χ2v) is 4.09. The Hall–Kier alpha value is -1.78. The number of fused-ring (bicyclic) bond motifs is 2. The number of carbonyl (C=O) groups is 1. The molecule has 78 valence electrons. The molecule has 2 aliphatic rings. The molecule has 1 aromatic rings. The van der Waals surface area contributed by atoms with Crippen molar-refractivity contribution in [2.45, 2.75) is 11.8 Å². The summed E-state index contributed by atoms with van der Waals surface area (Å²) >= 11 is 0. The Labute approximate surface area is 86.6 Å². The fraction of sp³-hybridized carbons (Fsp3) is 0.400. The van der Waals surface area contributed by atoms with Crippen LogP contribution in [0.4, 0.5) is 4.79 Å². The van der Waals surface area contributed by atoms with Crippen LogP contribution in [-0.4, -0.2) is 39.0 Å². The Balaban J connectivity index is 1.96. The molecule has 1 unspecified atom stereocenters. The number of hydrogen-bond acceptors (Lipinski definition) is 2. The molecule has 15 heavy (non-hydrogen) atoms. The van der Waals surface area contributed by atoms with Gasteiger partial charge in [0.2, 0.25) is 0 Å². The minimum Gasteiger partial charge on any atom is -0.465 e. The Kier molecular flexibility index (Phi) is 1.49. The summed E-state index contributed by atoms with van der Waals surface area (Å²) in [6, 6.07) is 1.96. The van der Waals surface area contributed by atoms with Crippen molar-refractivity contribution in [2.75, 3.05) is 13.1 Å². The summed E-state index contributed by atoms with van der Waals surface area (Å²) in [6.07, 6.45) is 5.75. The number of amides is 1. The molecule has 1 saturated heterocycles. The highest BCUT2D eigenvalue weighted by molar-refractivity contribution is 5.66. The molecule has 5 nitrogen and oxygen atoms in total. The van der Waals surface area contributed by atoms with E-state index in [9.17, 15) is 4.79 Å². The van der Waals surface area contributed by atoms with Crippen LogP contribution in [0, 0.1) is 0 Å². The van der Waals surface area contributed by atoms with Gasteiger partial charge in [-0.1, -0.05) is 6.08 Å². The van der Waals surface area contributed by atoms with Crippen molar-refractivity contribution in [3.05, 3.63) is 24.0 Å². The molecule has 1 N–H and O–H groups in total. The summed E-state index contributed by atoms with van der Waals surface area (Å²) < 4.78 is 1.82. The molecular weight excluding hydrogens is 194 g/mol. The normalized spacial score (nSPS) is 27.6. The minimum atomic E-state index is -0.835. The van der Waals surface area contributed by atoms with Gasteiger partial charge in [-0.15, -0.1) is 0 Å². The van der Waals surface area contributed by atoms with E-state index in [0.29, 0.717) is 13.1 Å². The molecular formula is C10H11N3O2. The van der Waals surface area contributed by atoms with Gasteiger partial charge >= 0.3 is 6.09 Å². The third-order valence-corrected chi connectivity index (χ3v) is 3.29. The van der Waals surface area contributed by atoms with Crippen LogP contribution in [0.2, 0.25) is 0 Å². The highest BCUT2D eigenvalue weighted by Gasteiger charge is 2.43. The standard InChI is InChI=1S/C10H11N3O2/c14-9(15)12-5-2-10(7-12)3-6-13-8(10)1-4-11-13/h1,3-4,6H,2,5,7H2,(H,14,15). The largest absolute Gasteiger partial charge is 0.465 e. The van der Waals surface area contributed by atoms with Crippen LogP contribution in [-0.2, 0) is 5.41 Å². The van der Waals surface area contributed by atoms with Gasteiger partial charge < -0.3 is 10.0 Å². The van der Waals surface area contributed by atoms with Gasteiger partial charge in [-0.05, 0) is 12.5 Å². The first-order valence-corrected chi connectivity index (χ1v) is 4.92. The topological polar surface area (TPSA) is 58.4 Å². The van der Waals surface area contributed by atoms with Crippen LogP contribution in [0.3, 0.4) is 0 Å². The van der Waals surface area contributed by atoms with Gasteiger partial charge in [0.15, 0.2) is 0 Å². The van der Waals surface area contributed by atoms with Crippen LogP contribution >= 0.6 is 0 Å². The molecule has 5 heteroatoms. The lowest BCUT2D eigenvalue weighted by molar-refractivity contribution is 0.154. The molecule has 1 fully saturated rings. The van der Waals surface area contributed by atoms with Gasteiger partial charge in [0.05, 0.1) is 11.1 Å². The number of rotatable bonds is 0. The van der Waals surface area contributed by atoms with Gasteiger partial charge in [0, 0.05) is 25.5 Å². The lowest BCUT2D eigenvalue weighted by Crippen LogP contribution is -2.31. The van der Waals surface area contributed by atoms with Gasteiger partial charge in [-0.3, -0.25) is 0 Å². The molecule has 0 aromatic carbocycles. The van der Waals surface area contributed by atoms with Gasteiger partial charge in [-0.2, -0.15) is 5.10 Å². The van der Waals surface area contributed by atoms with E-state index in [1.807, 2.05) is 16.9 Å². The highest BCUT2D eigenvalue weighted by atomic mass is 16.4. The molecule has 2 aliphatic heterocycles. The zero-order chi connectivity index (χ0) is 10.5. The van der Waals surface area contributed by atoms with E-state index in [-0.39, 0.29) is 5.41 Å². The fourth-order valence-corrected chi connectivity index (χ4v) is 2.47. The van der Waals surface area contributed by atoms with Crippen molar-refractivity contribution < 1.29 is 9.90 Å². The predicted molar refractivity (Wildman–Crippen MR) is 53.4 cm³/mol. The van der Waals surface area contributed by atoms with E-state index >= 15 is 0 Å². The first-order chi connectivity index (χ1) is 7.21. The van der Waals surface area contributed by atoms with Gasteiger partial charge in [0.25, 0.3) is 0 Å². The van der Waals surface area contributed by atoms with E-state index < -0.39 is 6.09 Å². The second kappa shape index (κ2) is 2.62. The number of likely N-dealkylation sites (tertiary alicyclic amines) is 1. The lowest BCUT2D eigenvalue weighted by atomic mass is 9.85. The molecule has 1 atom stereocenters. The first-order valence-electron chi connectivity index (χ1n) is 4.92. The fourth-order valence-electron chi connectivity index (χ4n) is 2.47. The van der Waals surface area contributed by atoms with Crippen molar-refractivity contribution >= 4 is 12.3 Å². The molecule has 1 spiro atoms. The van der Waals surface area contributed by atoms with Gasteiger partial charge in [0.1, 0.15) is 0 Å². The summed E-state index contributed by atoms with van der Waals surface area (Å²) in [7, 11) is 0. The molecule has 0 saturated carbocycles. The van der Waals surface area contributed by atoms with E-state index in [0.717, 1.165) is 12.1 Å². The Morgan fingerprint density at radius 2 is 2.47 bits per heavy atom. The van der Waals surface area contributed by atoms with E-state index in [1.165, 1.54) is 4.90 Å². The first kappa shape index (κ1) is 8.52. The molecule has 3 heterocycles. The monoisotopic (exact) mass is 205 g/mol. The van der Waals surface area contributed by atoms with Crippen molar-refractivity contribution in [3.8, 4) is 0 Å². The van der Waals surface area contributed by atoms with E-state index in [2.05, 4.69) is 11.2 Å². The van der Waals surface area contributed by atoms with Crippen LogP contribution in [0.5, 0.6) is 0 Å². The van der Waals surface area contributed by atoms with Crippen molar-refractivity contribution in [1.82, 2.24) is 14.7 Å². The molecule has 1 aromatic heterocycles. The highest BCUT2D eigenvalue weighted by Crippen LogP contribution is 2.39. The molecule has 3 rings (SSSR count). The summed E-state index contributed by atoms with van der Waals surface area (Å²) in [6.45, 7) is 1.15. The SMILES string of the molecule is O=C(O)N1CCC2(C=Cn3nccc32)C1. The summed E-state index contributed by atoms with van der Waals surface area (Å²) in [5.41, 5.74) is 0.973. The maximum atomic E-state index is 10.9. The average Bonchev–Trinajstić information content (AvgIpc) is 2.88. The van der Waals surface area contributed by atoms with Crippen LogP contribution in [0.15, 0.2) is 18.3 Å². The van der Waals surface area contributed by atoms with Crippen LogP contribution in [0.25, 0.3) is 6.20 Å². The summed E-state index contributed by atoms with van der Waals surface area (Å²) in [5, 5.41) is 13.1. The van der Waals surface area contributed by atoms with Crippen molar-refractivity contribution in [2.24, 2.45) is 0 Å². The number of hydrogen-bond donors (Lipinski definition) is 1. The van der Waals surface area contributed by atoms with Crippen molar-refractivity contribution in [1.29, 1.82) is 0 Å². The molecule has 0 radical (unpaired) electrons. The summed E-state index contributed by atoms with van der Waals surface area (Å²) in [4.78, 5) is 12.3. The number of nitrogens with zero attached hydrogens (tertiary/aromatic N) is 3. The van der Waals surface area contributed by atoms with Crippen LogP contribution in [0.1, 0.15) is 12.1 Å². The Morgan fingerprint density at radius 3 is 3.20 bits per heavy atom. The third kappa shape index (κ3) is 1.03. The molecule has 0 aliphatic carbocycles. The zero-order valence-corrected chi connectivity index (χ0v) is 8.13. The number of aromatic nitrogens is 2. The van der Waals surface area contributed by atoms with Gasteiger partial charge in [-0.25, -0.2) is 9.48 Å². The Morgan fingerprint density at radius 1 is 1.60 bits per heavy atom. The molecule has 1 amide bonds. The van der Waals surface area contributed by atoms with Crippen LogP contribution < -0.4 is 0 Å². The smallest absolute Gasteiger partial charge is 0.407 e. The average molecular weight is 205 g/mol. The third-order valence-electron chi connectivity index (χ3n) is 3.29. The zero-order valence-electron chi connectivity index (χ0n) is 8.13. The van der Waals surface area contributed by atoms with E-state index in [4.69, 9.17) is 5.11 Å². The lowest BCUT2D eigenvalue weighted by Gasteiger charge is -2.20. The predicted octanol–water partition coefficient (Wildman–Crippen LogP) is 0.989.